The summed E-state index contributed by atoms with van der Waals surface area (Å²) in [5, 5.41) is 0. The molecule has 4 rings (SSSR count). The molecule has 2 aliphatic heterocycles. The summed E-state index contributed by atoms with van der Waals surface area (Å²) < 4.78 is 6.53. The number of aromatic nitrogens is 2. The molecule has 3 fully saturated rings. The van der Waals surface area contributed by atoms with Gasteiger partial charge in [0, 0.05) is 18.5 Å². The van der Waals surface area contributed by atoms with Gasteiger partial charge in [-0.15, -0.1) is 0 Å². The van der Waals surface area contributed by atoms with E-state index >= 15 is 0 Å². The van der Waals surface area contributed by atoms with E-state index in [0.717, 1.165) is 38.2 Å². The normalized spacial score (nSPS) is 30.4. The van der Waals surface area contributed by atoms with E-state index in [1.807, 2.05) is 0 Å². The van der Waals surface area contributed by atoms with Crippen molar-refractivity contribution in [2.45, 2.75) is 43.7 Å². The van der Waals surface area contributed by atoms with Gasteiger partial charge in [0.1, 0.15) is 16.4 Å². The average Bonchev–Trinajstić information content (AvgIpc) is 3.18. The number of hydrogen-bond donors (Lipinski definition) is 1. The summed E-state index contributed by atoms with van der Waals surface area (Å²) in [6.45, 7) is 2.74. The van der Waals surface area contributed by atoms with Gasteiger partial charge in [-0.25, -0.2) is 4.98 Å². The Morgan fingerprint density at radius 1 is 1.35 bits per heavy atom. The van der Waals surface area contributed by atoms with Crippen molar-refractivity contribution in [1.82, 2.24) is 14.9 Å². The van der Waals surface area contributed by atoms with Gasteiger partial charge in [0.05, 0.1) is 12.3 Å². The quantitative estimate of drug-likeness (QED) is 0.894. The first-order chi connectivity index (χ1) is 9.72. The summed E-state index contributed by atoms with van der Waals surface area (Å²) in [6, 6.07) is 0.566. The van der Waals surface area contributed by atoms with Crippen molar-refractivity contribution in [3.05, 3.63) is 26.3 Å². The minimum Gasteiger partial charge on any atom is -0.367 e. The fraction of sp³-hybridized carbons (Fsp3) is 0.714. The van der Waals surface area contributed by atoms with E-state index < -0.39 is 0 Å². The first-order valence-electron chi connectivity index (χ1n) is 7.37. The van der Waals surface area contributed by atoms with Crippen LogP contribution in [0.25, 0.3) is 0 Å². The molecule has 1 N–H and O–H groups in total. The zero-order chi connectivity index (χ0) is 13.7. The van der Waals surface area contributed by atoms with E-state index in [9.17, 15) is 4.79 Å². The van der Waals surface area contributed by atoms with Crippen LogP contribution in [-0.2, 0) is 4.74 Å². The molecule has 0 radical (unpaired) electrons. The second-order valence-corrected chi connectivity index (χ2v) is 6.83. The van der Waals surface area contributed by atoms with Gasteiger partial charge < -0.3 is 9.72 Å². The number of rotatable bonds is 2. The summed E-state index contributed by atoms with van der Waals surface area (Å²) in [6.07, 6.45) is 4.65. The number of aromatic amines is 1. The molecule has 1 aromatic rings. The largest absolute Gasteiger partial charge is 0.367 e. The highest BCUT2D eigenvalue weighted by Gasteiger charge is 2.35. The number of H-pyrrole nitrogens is 1. The number of halogens is 1. The average molecular weight is 340 g/mol. The Balaban J connectivity index is 1.63. The Hall–Kier alpha value is -0.720. The van der Waals surface area contributed by atoms with Crippen molar-refractivity contribution in [2.24, 2.45) is 0 Å². The molecule has 1 aromatic heterocycles. The van der Waals surface area contributed by atoms with Gasteiger partial charge >= 0.3 is 0 Å². The van der Waals surface area contributed by atoms with Gasteiger partial charge in [0.2, 0.25) is 0 Å². The lowest BCUT2D eigenvalue weighted by atomic mass is 10.1. The van der Waals surface area contributed by atoms with Crippen LogP contribution in [0.15, 0.2) is 9.27 Å². The first kappa shape index (κ1) is 13.0. The summed E-state index contributed by atoms with van der Waals surface area (Å²) in [5.41, 5.74) is 0.833. The summed E-state index contributed by atoms with van der Waals surface area (Å²) in [4.78, 5) is 22.1. The van der Waals surface area contributed by atoms with E-state index in [-0.39, 0.29) is 11.7 Å². The molecule has 20 heavy (non-hydrogen) atoms. The van der Waals surface area contributed by atoms with Gasteiger partial charge in [-0.05, 0) is 48.2 Å². The molecule has 0 bridgehead atoms. The van der Waals surface area contributed by atoms with Crippen molar-refractivity contribution in [1.29, 1.82) is 0 Å². The Morgan fingerprint density at radius 3 is 3.00 bits per heavy atom. The molecule has 3 aliphatic rings. The van der Waals surface area contributed by atoms with Crippen molar-refractivity contribution in [3.63, 3.8) is 0 Å². The van der Waals surface area contributed by atoms with Crippen molar-refractivity contribution in [2.75, 3.05) is 19.7 Å². The van der Waals surface area contributed by atoms with Crippen molar-refractivity contribution in [3.8, 4) is 0 Å². The SMILES string of the molecule is O=c1[nH]c(C2CN3CCCC3CO2)nc(C2CC2)c1Br. The number of ether oxygens (including phenoxy) is 1. The van der Waals surface area contributed by atoms with Gasteiger partial charge in [0.25, 0.3) is 5.56 Å². The van der Waals surface area contributed by atoms with Gasteiger partial charge in [-0.2, -0.15) is 0 Å². The maximum Gasteiger partial charge on any atom is 0.265 e. The highest BCUT2D eigenvalue weighted by Crippen LogP contribution is 2.41. The topological polar surface area (TPSA) is 58.2 Å². The van der Waals surface area contributed by atoms with Gasteiger partial charge in [-0.1, -0.05) is 0 Å². The molecule has 5 nitrogen and oxygen atoms in total. The number of hydrogen-bond acceptors (Lipinski definition) is 4. The molecule has 1 saturated carbocycles. The van der Waals surface area contributed by atoms with Crippen LogP contribution < -0.4 is 5.56 Å². The lowest BCUT2D eigenvalue weighted by molar-refractivity contribution is -0.0543. The molecule has 2 unspecified atom stereocenters. The molecule has 0 amide bonds. The molecule has 2 atom stereocenters. The molecular formula is C14H18BrN3O2. The number of morpholine rings is 1. The fourth-order valence-corrected chi connectivity index (χ4v) is 3.77. The van der Waals surface area contributed by atoms with Crippen molar-refractivity contribution < 1.29 is 4.74 Å². The smallest absolute Gasteiger partial charge is 0.265 e. The Labute approximate surface area is 125 Å². The molecule has 2 saturated heterocycles. The molecule has 1 aliphatic carbocycles. The molecule has 0 spiro atoms. The number of nitrogens with one attached hydrogen (secondary N) is 1. The predicted molar refractivity (Wildman–Crippen MR) is 77.8 cm³/mol. The Bertz CT molecular complexity index is 584. The van der Waals surface area contributed by atoms with Crippen LogP contribution in [0.3, 0.4) is 0 Å². The zero-order valence-corrected chi connectivity index (χ0v) is 12.9. The Kier molecular flexibility index (Phi) is 3.20. The van der Waals surface area contributed by atoms with Crippen LogP contribution in [-0.4, -0.2) is 40.6 Å². The summed E-state index contributed by atoms with van der Waals surface area (Å²) >= 11 is 3.37. The molecule has 3 heterocycles. The van der Waals surface area contributed by atoms with Crippen molar-refractivity contribution >= 4 is 15.9 Å². The minimum atomic E-state index is -0.0948. The lowest BCUT2D eigenvalue weighted by Gasteiger charge is -2.34. The third-order valence-electron chi connectivity index (χ3n) is 4.56. The second kappa shape index (κ2) is 4.93. The zero-order valence-electron chi connectivity index (χ0n) is 11.3. The predicted octanol–water partition coefficient (Wildman–Crippen LogP) is 1.95. The highest BCUT2D eigenvalue weighted by molar-refractivity contribution is 9.10. The molecule has 108 valence electrons. The summed E-state index contributed by atoms with van der Waals surface area (Å²) in [7, 11) is 0. The molecule has 0 aromatic carbocycles. The Morgan fingerprint density at radius 2 is 2.20 bits per heavy atom. The second-order valence-electron chi connectivity index (χ2n) is 6.04. The third kappa shape index (κ3) is 2.23. The van der Waals surface area contributed by atoms with Crippen LogP contribution in [0.4, 0.5) is 0 Å². The van der Waals surface area contributed by atoms with E-state index in [4.69, 9.17) is 4.74 Å². The molecule has 6 heteroatoms. The maximum atomic E-state index is 12.1. The standard InChI is InChI=1S/C14H18BrN3O2/c15-11-12(8-3-4-8)16-13(17-14(11)19)10-6-18-5-1-2-9(18)7-20-10/h8-10H,1-7H2,(H,16,17,19). The van der Waals surface area contributed by atoms with E-state index in [1.165, 1.54) is 12.8 Å². The monoisotopic (exact) mass is 339 g/mol. The van der Waals surface area contributed by atoms with E-state index in [2.05, 4.69) is 30.8 Å². The third-order valence-corrected chi connectivity index (χ3v) is 5.33. The molecular weight excluding hydrogens is 322 g/mol. The van der Waals surface area contributed by atoms with Gasteiger partial charge in [0.15, 0.2) is 0 Å². The van der Waals surface area contributed by atoms with E-state index in [1.54, 1.807) is 0 Å². The van der Waals surface area contributed by atoms with Crippen LogP contribution >= 0.6 is 15.9 Å². The van der Waals surface area contributed by atoms with Crippen LogP contribution in [0.2, 0.25) is 0 Å². The lowest BCUT2D eigenvalue weighted by Crippen LogP contribution is -2.43. The number of fused-ring (bicyclic) bond motifs is 1. The summed E-state index contributed by atoms with van der Waals surface area (Å²) in [5.74, 6) is 1.15. The van der Waals surface area contributed by atoms with Crippen LogP contribution in [0.5, 0.6) is 0 Å². The highest BCUT2D eigenvalue weighted by atomic mass is 79.9. The minimum absolute atomic E-state index is 0.0796. The fourth-order valence-electron chi connectivity index (χ4n) is 3.26. The van der Waals surface area contributed by atoms with Gasteiger partial charge in [-0.3, -0.25) is 9.69 Å². The maximum absolute atomic E-state index is 12.1. The van der Waals surface area contributed by atoms with Crippen LogP contribution in [0, 0.1) is 0 Å². The number of nitrogens with zero attached hydrogens (tertiary/aromatic N) is 2. The van der Waals surface area contributed by atoms with Crippen LogP contribution in [0.1, 0.15) is 49.2 Å². The van der Waals surface area contributed by atoms with E-state index in [0.29, 0.717) is 22.3 Å². The first-order valence-corrected chi connectivity index (χ1v) is 8.17.